The monoisotopic (exact) mass is 303 g/mol. The molecular weight excluding hydrogens is 286 g/mol. The van der Waals surface area contributed by atoms with Crippen molar-refractivity contribution in [2.45, 2.75) is 6.92 Å². The number of methoxy groups -OCH3 is 1. The summed E-state index contributed by atoms with van der Waals surface area (Å²) in [6, 6.07) is 3.75. The lowest BCUT2D eigenvalue weighted by Crippen LogP contribution is -2.10. The van der Waals surface area contributed by atoms with Crippen LogP contribution in [0.15, 0.2) is 16.6 Å². The summed E-state index contributed by atoms with van der Waals surface area (Å²) in [4.78, 5) is 0. The van der Waals surface area contributed by atoms with Crippen LogP contribution in [-0.2, 0) is 9.47 Å². The third kappa shape index (κ3) is 4.93. The van der Waals surface area contributed by atoms with Gasteiger partial charge in [-0.3, -0.25) is 0 Å². The van der Waals surface area contributed by atoms with Crippen molar-refractivity contribution in [2.75, 3.05) is 39.3 Å². The van der Waals surface area contributed by atoms with Crippen molar-refractivity contribution >= 4 is 21.6 Å². The molecule has 0 amide bonds. The molecule has 0 aromatic heterocycles. The smallest absolute Gasteiger partial charge is 0.134 e. The lowest BCUT2D eigenvalue weighted by molar-refractivity contribution is 0.0543. The van der Waals surface area contributed by atoms with E-state index in [1.807, 2.05) is 19.1 Å². The molecule has 96 valence electrons. The number of benzene rings is 1. The van der Waals surface area contributed by atoms with Crippen molar-refractivity contribution in [1.29, 1.82) is 0 Å². The predicted molar refractivity (Wildman–Crippen MR) is 71.5 cm³/mol. The van der Waals surface area contributed by atoms with E-state index in [1.165, 1.54) is 0 Å². The molecule has 0 bridgehead atoms. The lowest BCUT2D eigenvalue weighted by atomic mass is 10.2. The Kier molecular flexibility index (Phi) is 6.32. The zero-order valence-corrected chi connectivity index (χ0v) is 11.7. The molecule has 1 aromatic carbocycles. The molecule has 0 saturated carbocycles. The Morgan fingerprint density at radius 1 is 1.18 bits per heavy atom. The molecule has 0 unspecified atom stereocenters. The zero-order chi connectivity index (χ0) is 12.7. The van der Waals surface area contributed by atoms with Crippen LogP contribution in [-0.4, -0.2) is 33.5 Å². The SMILES string of the molecule is COCCOCCOc1cc(C)c(N)cc1Br. The van der Waals surface area contributed by atoms with E-state index >= 15 is 0 Å². The molecule has 0 aliphatic carbocycles. The third-order valence-corrected chi connectivity index (χ3v) is 2.86. The first-order valence-electron chi connectivity index (χ1n) is 5.40. The highest BCUT2D eigenvalue weighted by Gasteiger charge is 2.04. The summed E-state index contributed by atoms with van der Waals surface area (Å²) in [6.45, 7) is 4.18. The average Bonchev–Trinajstić information content (AvgIpc) is 2.30. The summed E-state index contributed by atoms with van der Waals surface area (Å²) >= 11 is 3.41. The summed E-state index contributed by atoms with van der Waals surface area (Å²) in [5.74, 6) is 0.784. The number of ether oxygens (including phenoxy) is 3. The maximum absolute atomic E-state index is 5.78. The van der Waals surface area contributed by atoms with Crippen LogP contribution in [0.1, 0.15) is 5.56 Å². The van der Waals surface area contributed by atoms with Gasteiger partial charge in [0.25, 0.3) is 0 Å². The zero-order valence-electron chi connectivity index (χ0n) is 10.2. The Morgan fingerprint density at radius 2 is 1.88 bits per heavy atom. The molecule has 0 saturated heterocycles. The van der Waals surface area contributed by atoms with E-state index in [9.17, 15) is 0 Å². The first kappa shape index (κ1) is 14.3. The second-order valence-corrected chi connectivity index (χ2v) is 4.45. The predicted octanol–water partition coefficient (Wildman–Crippen LogP) is 2.38. The fourth-order valence-corrected chi connectivity index (χ4v) is 1.71. The van der Waals surface area contributed by atoms with Crippen LogP contribution in [0.4, 0.5) is 5.69 Å². The van der Waals surface area contributed by atoms with Gasteiger partial charge in [0.2, 0.25) is 0 Å². The number of hydrogen-bond acceptors (Lipinski definition) is 4. The number of nitrogen functional groups attached to an aromatic ring is 1. The van der Waals surface area contributed by atoms with Crippen molar-refractivity contribution in [1.82, 2.24) is 0 Å². The van der Waals surface area contributed by atoms with E-state index in [1.54, 1.807) is 7.11 Å². The molecule has 4 nitrogen and oxygen atoms in total. The van der Waals surface area contributed by atoms with Gasteiger partial charge in [-0.15, -0.1) is 0 Å². The minimum absolute atomic E-state index is 0.506. The van der Waals surface area contributed by atoms with Crippen molar-refractivity contribution < 1.29 is 14.2 Å². The normalized spacial score (nSPS) is 10.5. The molecule has 0 aliphatic heterocycles. The molecule has 0 radical (unpaired) electrons. The van der Waals surface area contributed by atoms with Gasteiger partial charge in [-0.25, -0.2) is 0 Å². The van der Waals surface area contributed by atoms with E-state index in [-0.39, 0.29) is 0 Å². The quantitative estimate of drug-likeness (QED) is 0.621. The number of aryl methyl sites for hydroxylation is 1. The van der Waals surface area contributed by atoms with E-state index in [0.717, 1.165) is 21.5 Å². The Bertz CT molecular complexity index is 358. The number of hydrogen-bond donors (Lipinski definition) is 1. The highest BCUT2D eigenvalue weighted by Crippen LogP contribution is 2.29. The number of nitrogens with two attached hydrogens (primary N) is 1. The van der Waals surface area contributed by atoms with E-state index in [4.69, 9.17) is 19.9 Å². The van der Waals surface area contributed by atoms with Gasteiger partial charge in [0.1, 0.15) is 12.4 Å². The second-order valence-electron chi connectivity index (χ2n) is 3.59. The lowest BCUT2D eigenvalue weighted by Gasteiger charge is -2.10. The molecule has 17 heavy (non-hydrogen) atoms. The minimum atomic E-state index is 0.506. The Labute approximate surface area is 110 Å². The van der Waals surface area contributed by atoms with E-state index in [0.29, 0.717) is 26.4 Å². The summed E-state index contributed by atoms with van der Waals surface area (Å²) in [5, 5.41) is 0. The topological polar surface area (TPSA) is 53.7 Å². The standard InChI is InChI=1S/C12H18BrNO3/c1-9-7-12(10(13)8-11(9)14)17-6-5-16-4-3-15-2/h7-8H,3-6,14H2,1-2H3. The van der Waals surface area contributed by atoms with Gasteiger partial charge in [0, 0.05) is 12.8 Å². The Morgan fingerprint density at radius 3 is 2.59 bits per heavy atom. The van der Waals surface area contributed by atoms with Gasteiger partial charge < -0.3 is 19.9 Å². The number of rotatable bonds is 7. The van der Waals surface area contributed by atoms with Gasteiger partial charge in [-0.05, 0) is 40.5 Å². The largest absolute Gasteiger partial charge is 0.490 e. The fourth-order valence-electron chi connectivity index (χ4n) is 1.24. The first-order chi connectivity index (χ1) is 8.15. The molecule has 1 rings (SSSR count). The molecule has 0 spiro atoms. The molecule has 1 aromatic rings. The number of anilines is 1. The molecule has 0 aliphatic rings. The number of halogens is 1. The van der Waals surface area contributed by atoms with Gasteiger partial charge in [-0.2, -0.15) is 0 Å². The minimum Gasteiger partial charge on any atom is -0.490 e. The van der Waals surface area contributed by atoms with Gasteiger partial charge >= 0.3 is 0 Å². The van der Waals surface area contributed by atoms with Gasteiger partial charge in [0.05, 0.1) is 24.3 Å². The molecule has 0 atom stereocenters. The molecule has 5 heteroatoms. The first-order valence-corrected chi connectivity index (χ1v) is 6.19. The van der Waals surface area contributed by atoms with E-state index in [2.05, 4.69) is 15.9 Å². The molecule has 2 N–H and O–H groups in total. The Balaban J connectivity index is 2.34. The summed E-state index contributed by atoms with van der Waals surface area (Å²) < 4.78 is 16.6. The van der Waals surface area contributed by atoms with E-state index < -0.39 is 0 Å². The highest BCUT2D eigenvalue weighted by atomic mass is 79.9. The van der Waals surface area contributed by atoms with Crippen LogP contribution in [0.2, 0.25) is 0 Å². The molecular formula is C12H18BrNO3. The van der Waals surface area contributed by atoms with Crippen LogP contribution in [0.5, 0.6) is 5.75 Å². The van der Waals surface area contributed by atoms with Crippen molar-refractivity contribution in [2.24, 2.45) is 0 Å². The van der Waals surface area contributed by atoms with Crippen LogP contribution >= 0.6 is 15.9 Å². The third-order valence-electron chi connectivity index (χ3n) is 2.24. The maximum atomic E-state index is 5.78. The van der Waals surface area contributed by atoms with Crippen molar-refractivity contribution in [3.8, 4) is 5.75 Å². The van der Waals surface area contributed by atoms with Gasteiger partial charge in [0.15, 0.2) is 0 Å². The summed E-state index contributed by atoms with van der Waals surface area (Å²) in [6.07, 6.45) is 0. The van der Waals surface area contributed by atoms with Crippen LogP contribution in [0.3, 0.4) is 0 Å². The Hall–Kier alpha value is -0.780. The molecule has 0 fully saturated rings. The summed E-state index contributed by atoms with van der Waals surface area (Å²) in [7, 11) is 1.65. The van der Waals surface area contributed by atoms with Crippen LogP contribution in [0, 0.1) is 6.92 Å². The maximum Gasteiger partial charge on any atom is 0.134 e. The van der Waals surface area contributed by atoms with Crippen LogP contribution < -0.4 is 10.5 Å². The molecule has 0 heterocycles. The van der Waals surface area contributed by atoms with Crippen LogP contribution in [0.25, 0.3) is 0 Å². The van der Waals surface area contributed by atoms with Crippen molar-refractivity contribution in [3.63, 3.8) is 0 Å². The average molecular weight is 304 g/mol. The van der Waals surface area contributed by atoms with Gasteiger partial charge in [-0.1, -0.05) is 0 Å². The fraction of sp³-hybridized carbons (Fsp3) is 0.500. The summed E-state index contributed by atoms with van der Waals surface area (Å²) in [5.41, 5.74) is 7.53. The van der Waals surface area contributed by atoms with Crippen molar-refractivity contribution in [3.05, 3.63) is 22.2 Å². The highest BCUT2D eigenvalue weighted by molar-refractivity contribution is 9.10. The second kappa shape index (κ2) is 7.53.